The maximum Gasteiger partial charge on any atom is 0.243 e. The van der Waals surface area contributed by atoms with Gasteiger partial charge in [0.15, 0.2) is 0 Å². The summed E-state index contributed by atoms with van der Waals surface area (Å²) < 4.78 is 33.5. The molecule has 1 aliphatic heterocycles. The molecule has 1 heterocycles. The van der Waals surface area contributed by atoms with E-state index in [1.165, 1.54) is 0 Å². The first-order chi connectivity index (χ1) is 14.9. The second-order valence-electron chi connectivity index (χ2n) is 7.63. The highest BCUT2D eigenvalue weighted by Gasteiger charge is 2.27. The molecule has 2 aromatic carbocycles. The van der Waals surface area contributed by atoms with Crippen LogP contribution in [0.5, 0.6) is 5.75 Å². The van der Waals surface area contributed by atoms with Crippen LogP contribution in [0.4, 0.5) is 11.4 Å². The van der Waals surface area contributed by atoms with E-state index in [1.807, 2.05) is 19.1 Å². The van der Waals surface area contributed by atoms with Gasteiger partial charge in [-0.2, -0.15) is 4.31 Å². The molecule has 0 radical (unpaired) electrons. The third-order valence-electron chi connectivity index (χ3n) is 5.29. The largest absolute Gasteiger partial charge is 0.492 e. The molecule has 0 spiro atoms. The summed E-state index contributed by atoms with van der Waals surface area (Å²) in [5.74, 6) is 0.365. The molecule has 3 rings (SSSR count). The quantitative estimate of drug-likeness (QED) is 0.641. The second kappa shape index (κ2) is 10.6. The van der Waals surface area contributed by atoms with Gasteiger partial charge in [-0.1, -0.05) is 31.0 Å². The van der Waals surface area contributed by atoms with Crippen LogP contribution in [0.1, 0.15) is 38.2 Å². The van der Waals surface area contributed by atoms with Crippen LogP contribution in [-0.2, 0) is 14.8 Å². The Morgan fingerprint density at radius 2 is 1.77 bits per heavy atom. The van der Waals surface area contributed by atoms with Gasteiger partial charge in [0.05, 0.1) is 23.7 Å². The van der Waals surface area contributed by atoms with E-state index in [1.54, 1.807) is 41.6 Å². The normalized spacial score (nSPS) is 15.2. The number of hydrogen-bond acceptors (Lipinski definition) is 5. The SMILES string of the molecule is CCOc1ccccc1NC(=O)CNc1ccc(C)c(S(=O)(=O)N2CCCCCC2)c1. The van der Waals surface area contributed by atoms with Crippen LogP contribution in [0.2, 0.25) is 0 Å². The predicted molar refractivity (Wildman–Crippen MR) is 123 cm³/mol. The Bertz CT molecular complexity index is 1000. The number of nitrogens with one attached hydrogen (secondary N) is 2. The van der Waals surface area contributed by atoms with E-state index in [2.05, 4.69) is 10.6 Å². The average Bonchev–Trinajstić information content (AvgIpc) is 3.05. The fourth-order valence-corrected chi connectivity index (χ4v) is 5.40. The van der Waals surface area contributed by atoms with Gasteiger partial charge in [-0.05, 0) is 56.5 Å². The van der Waals surface area contributed by atoms with Crippen LogP contribution >= 0.6 is 0 Å². The molecule has 2 N–H and O–H groups in total. The molecule has 0 aromatic heterocycles. The standard InChI is InChI=1S/C23H31N3O4S/c1-3-30-21-11-7-6-10-20(21)25-23(27)17-24-19-13-12-18(2)22(16-19)31(28,29)26-14-8-4-5-9-15-26/h6-7,10-13,16,24H,3-5,8-9,14-15,17H2,1-2H3,(H,25,27). The number of sulfonamides is 1. The molecule has 8 heteroatoms. The van der Waals surface area contributed by atoms with Crippen molar-refractivity contribution in [1.82, 2.24) is 4.31 Å². The van der Waals surface area contributed by atoms with Crippen molar-refractivity contribution in [3.8, 4) is 5.75 Å². The third-order valence-corrected chi connectivity index (χ3v) is 7.33. The van der Waals surface area contributed by atoms with Crippen molar-refractivity contribution < 1.29 is 17.9 Å². The number of carbonyl (C=O) groups excluding carboxylic acids is 1. The first kappa shape index (κ1) is 23.1. The molecule has 0 bridgehead atoms. The summed E-state index contributed by atoms with van der Waals surface area (Å²) in [5.41, 5.74) is 1.89. The van der Waals surface area contributed by atoms with Crippen molar-refractivity contribution >= 4 is 27.3 Å². The van der Waals surface area contributed by atoms with E-state index < -0.39 is 10.0 Å². The molecule has 7 nitrogen and oxygen atoms in total. The Morgan fingerprint density at radius 3 is 2.48 bits per heavy atom. The van der Waals surface area contributed by atoms with Gasteiger partial charge in [-0.25, -0.2) is 8.42 Å². The van der Waals surface area contributed by atoms with Gasteiger partial charge in [-0.15, -0.1) is 0 Å². The summed E-state index contributed by atoms with van der Waals surface area (Å²) in [6.07, 6.45) is 3.90. The minimum atomic E-state index is -3.56. The van der Waals surface area contributed by atoms with E-state index in [4.69, 9.17) is 4.74 Å². The fourth-order valence-electron chi connectivity index (χ4n) is 3.64. The lowest BCUT2D eigenvalue weighted by Crippen LogP contribution is -2.32. The summed E-state index contributed by atoms with van der Waals surface area (Å²) >= 11 is 0. The molecule has 1 aliphatic rings. The topological polar surface area (TPSA) is 87.7 Å². The van der Waals surface area contributed by atoms with Crippen LogP contribution < -0.4 is 15.4 Å². The van der Waals surface area contributed by atoms with Gasteiger partial charge < -0.3 is 15.4 Å². The molecule has 2 aromatic rings. The van der Waals surface area contributed by atoms with Crippen LogP contribution in [0.25, 0.3) is 0 Å². The molecule has 31 heavy (non-hydrogen) atoms. The molecule has 1 amide bonds. The highest BCUT2D eigenvalue weighted by atomic mass is 32.2. The number of carbonyl (C=O) groups is 1. The third kappa shape index (κ3) is 5.98. The van der Waals surface area contributed by atoms with Crippen LogP contribution in [0, 0.1) is 6.92 Å². The van der Waals surface area contributed by atoms with Gasteiger partial charge >= 0.3 is 0 Å². The lowest BCUT2D eigenvalue weighted by atomic mass is 10.2. The number of aryl methyl sites for hydroxylation is 1. The molecule has 168 valence electrons. The summed E-state index contributed by atoms with van der Waals surface area (Å²) in [7, 11) is -3.56. The highest BCUT2D eigenvalue weighted by Crippen LogP contribution is 2.26. The second-order valence-corrected chi connectivity index (χ2v) is 9.54. The van der Waals surface area contributed by atoms with Gasteiger partial charge in [0, 0.05) is 18.8 Å². The van der Waals surface area contributed by atoms with Crippen molar-refractivity contribution in [3.63, 3.8) is 0 Å². The number of rotatable bonds is 8. The van der Waals surface area contributed by atoms with Gasteiger partial charge in [0.2, 0.25) is 15.9 Å². The maximum absolute atomic E-state index is 13.2. The summed E-state index contributed by atoms with van der Waals surface area (Å²) in [6, 6.07) is 12.4. The monoisotopic (exact) mass is 445 g/mol. The van der Waals surface area contributed by atoms with Crippen LogP contribution in [-0.4, -0.2) is 44.9 Å². The molecule has 0 saturated carbocycles. The van der Waals surface area contributed by atoms with Crippen molar-refractivity contribution in [3.05, 3.63) is 48.0 Å². The highest BCUT2D eigenvalue weighted by molar-refractivity contribution is 7.89. The first-order valence-electron chi connectivity index (χ1n) is 10.8. The van der Waals surface area contributed by atoms with Crippen LogP contribution in [0.3, 0.4) is 0 Å². The van der Waals surface area contributed by atoms with Crippen molar-refractivity contribution in [1.29, 1.82) is 0 Å². The number of benzene rings is 2. The van der Waals surface area contributed by atoms with Gasteiger partial charge in [0.1, 0.15) is 5.75 Å². The Hall–Kier alpha value is -2.58. The summed E-state index contributed by atoms with van der Waals surface area (Å²) in [6.45, 7) is 5.30. The Balaban J connectivity index is 1.68. The maximum atomic E-state index is 13.2. The fraction of sp³-hybridized carbons (Fsp3) is 0.435. The Morgan fingerprint density at radius 1 is 1.06 bits per heavy atom. The zero-order chi connectivity index (χ0) is 22.3. The van der Waals surface area contributed by atoms with Gasteiger partial charge in [-0.3, -0.25) is 4.79 Å². The average molecular weight is 446 g/mol. The number of nitrogens with zero attached hydrogens (tertiary/aromatic N) is 1. The lowest BCUT2D eigenvalue weighted by Gasteiger charge is -2.21. The molecular formula is C23H31N3O4S. The Labute approximate surface area is 184 Å². The molecule has 0 unspecified atom stereocenters. The van der Waals surface area contributed by atoms with Gasteiger partial charge in [0.25, 0.3) is 0 Å². The number of para-hydroxylation sites is 2. The number of ether oxygens (including phenoxy) is 1. The molecule has 1 saturated heterocycles. The molecule has 0 aliphatic carbocycles. The molecule has 1 fully saturated rings. The smallest absolute Gasteiger partial charge is 0.243 e. The van der Waals surface area contributed by atoms with Crippen molar-refractivity contribution in [2.75, 3.05) is 36.9 Å². The predicted octanol–water partition coefficient (Wildman–Crippen LogP) is 4.01. The Kier molecular flexibility index (Phi) is 7.92. The lowest BCUT2D eigenvalue weighted by molar-refractivity contribution is -0.114. The van der Waals surface area contributed by atoms with Crippen LogP contribution in [0.15, 0.2) is 47.4 Å². The van der Waals surface area contributed by atoms with E-state index in [0.29, 0.717) is 47.3 Å². The van der Waals surface area contributed by atoms with Crippen molar-refractivity contribution in [2.24, 2.45) is 0 Å². The molecular weight excluding hydrogens is 414 g/mol. The first-order valence-corrected chi connectivity index (χ1v) is 12.2. The number of anilines is 2. The zero-order valence-corrected chi connectivity index (χ0v) is 19.0. The zero-order valence-electron chi connectivity index (χ0n) is 18.2. The van der Waals surface area contributed by atoms with E-state index in [0.717, 1.165) is 25.7 Å². The van der Waals surface area contributed by atoms with Crippen molar-refractivity contribution in [2.45, 2.75) is 44.4 Å². The minimum absolute atomic E-state index is 0.00667. The minimum Gasteiger partial charge on any atom is -0.492 e. The number of amides is 1. The van der Waals surface area contributed by atoms with E-state index in [-0.39, 0.29) is 12.5 Å². The summed E-state index contributed by atoms with van der Waals surface area (Å²) in [4.78, 5) is 12.7. The van der Waals surface area contributed by atoms with E-state index >= 15 is 0 Å². The van der Waals surface area contributed by atoms with E-state index in [9.17, 15) is 13.2 Å². The number of hydrogen-bond donors (Lipinski definition) is 2. The summed E-state index contributed by atoms with van der Waals surface area (Å²) in [5, 5.41) is 5.86. The molecule has 0 atom stereocenters.